The molecule has 0 saturated carbocycles. The maximum absolute atomic E-state index is 13.5. The summed E-state index contributed by atoms with van der Waals surface area (Å²) in [4.78, 5) is 50.9. The number of aromatic carboxylic acids is 1. The molecule has 6 N–H and O–H groups in total. The number of aldehydes is 1. The quantitative estimate of drug-likeness (QED) is 0.158. The minimum atomic E-state index is -4.65. The normalized spacial score (nSPS) is 11.2. The van der Waals surface area contributed by atoms with E-state index in [4.69, 9.17) is 0 Å². The minimum Gasteiger partial charge on any atom is -0.478 e. The molecule has 40 heavy (non-hydrogen) atoms. The molecule has 0 atom stereocenters. The van der Waals surface area contributed by atoms with Gasteiger partial charge in [0.25, 0.3) is 5.56 Å². The maximum Gasteiger partial charge on any atom is 0.416 e. The number of carboxylic acid groups (broad SMARTS) is 1. The van der Waals surface area contributed by atoms with E-state index in [1.54, 1.807) is 12.1 Å². The second-order valence-electron chi connectivity index (χ2n) is 8.60. The highest BCUT2D eigenvalue weighted by molar-refractivity contribution is 5.96. The van der Waals surface area contributed by atoms with Crippen molar-refractivity contribution in [3.05, 3.63) is 116 Å². The number of nitrogens with one attached hydrogen (secondary N) is 5. The number of alkyl halides is 3. The molecule has 13 heteroatoms. The minimum absolute atomic E-state index is 0.0405. The Morgan fingerprint density at radius 1 is 0.900 bits per heavy atom. The number of para-hydroxylation sites is 1. The van der Waals surface area contributed by atoms with Crippen LogP contribution in [0.4, 0.5) is 35.9 Å². The predicted octanol–water partition coefficient (Wildman–Crippen LogP) is 4.37. The standard InChI is InChI=1S/C27H22F3N5O5/c28-27(29,30)18-6-8-22(34-21-4-2-1-3-19(21)25(38)39)23(10-18)33-20-7-5-15(9-16(20)14-36)11-31-12-17-13-32-26(40)35-24(17)37/h1-10,13-14,31,33-34H,11-12H2,(H,38,39)(H2,32,35,37,40). The first kappa shape index (κ1) is 27.9. The summed E-state index contributed by atoms with van der Waals surface area (Å²) in [6, 6.07) is 13.5. The molecule has 0 aliphatic carbocycles. The molecule has 1 aromatic heterocycles. The lowest BCUT2D eigenvalue weighted by atomic mass is 10.1. The molecule has 0 aliphatic rings. The van der Waals surface area contributed by atoms with Gasteiger partial charge in [-0.05, 0) is 48.0 Å². The molecule has 0 amide bonds. The van der Waals surface area contributed by atoms with Gasteiger partial charge >= 0.3 is 17.8 Å². The highest BCUT2D eigenvalue weighted by Gasteiger charge is 2.31. The van der Waals surface area contributed by atoms with E-state index in [2.05, 4.69) is 25.9 Å². The Kier molecular flexibility index (Phi) is 8.15. The Balaban J connectivity index is 1.59. The third-order valence-corrected chi connectivity index (χ3v) is 5.83. The van der Waals surface area contributed by atoms with Gasteiger partial charge in [-0.1, -0.05) is 18.2 Å². The number of aromatic amines is 2. The fourth-order valence-electron chi connectivity index (χ4n) is 3.85. The molecule has 0 aliphatic heterocycles. The fourth-order valence-corrected chi connectivity index (χ4v) is 3.85. The lowest BCUT2D eigenvalue weighted by Crippen LogP contribution is -2.27. The summed E-state index contributed by atoms with van der Waals surface area (Å²) in [6.45, 7) is 0.363. The first-order valence-electron chi connectivity index (χ1n) is 11.7. The van der Waals surface area contributed by atoms with E-state index in [0.717, 1.165) is 12.1 Å². The zero-order valence-corrected chi connectivity index (χ0v) is 20.6. The zero-order chi connectivity index (χ0) is 28.9. The predicted molar refractivity (Wildman–Crippen MR) is 141 cm³/mol. The van der Waals surface area contributed by atoms with Gasteiger partial charge in [0.1, 0.15) is 0 Å². The average Bonchev–Trinajstić information content (AvgIpc) is 2.91. The first-order valence-corrected chi connectivity index (χ1v) is 11.7. The molecule has 4 aromatic rings. The summed E-state index contributed by atoms with van der Waals surface area (Å²) in [5.74, 6) is -1.22. The first-order chi connectivity index (χ1) is 19.0. The number of benzene rings is 3. The summed E-state index contributed by atoms with van der Waals surface area (Å²) < 4.78 is 40.5. The van der Waals surface area contributed by atoms with Gasteiger partial charge in [0, 0.05) is 36.1 Å². The van der Waals surface area contributed by atoms with Crippen molar-refractivity contribution in [1.82, 2.24) is 15.3 Å². The van der Waals surface area contributed by atoms with Gasteiger partial charge in [-0.3, -0.25) is 14.6 Å². The second kappa shape index (κ2) is 11.7. The van der Waals surface area contributed by atoms with Crippen LogP contribution >= 0.6 is 0 Å². The average molecular weight is 553 g/mol. The van der Waals surface area contributed by atoms with E-state index in [1.165, 1.54) is 42.6 Å². The van der Waals surface area contributed by atoms with Gasteiger partial charge in [-0.15, -0.1) is 0 Å². The number of hydrogen-bond donors (Lipinski definition) is 6. The highest BCUT2D eigenvalue weighted by Crippen LogP contribution is 2.37. The number of aromatic nitrogens is 2. The molecule has 0 saturated heterocycles. The zero-order valence-electron chi connectivity index (χ0n) is 20.6. The fraction of sp³-hybridized carbons (Fsp3) is 0.111. The van der Waals surface area contributed by atoms with Crippen LogP contribution in [0.1, 0.15) is 37.4 Å². The van der Waals surface area contributed by atoms with Gasteiger partial charge in [-0.25, -0.2) is 9.59 Å². The molecule has 1 heterocycles. The Bertz CT molecular complexity index is 1680. The lowest BCUT2D eigenvalue weighted by Gasteiger charge is -2.18. The molecule has 10 nitrogen and oxygen atoms in total. The maximum atomic E-state index is 13.5. The molecule has 0 unspecified atom stereocenters. The third kappa shape index (κ3) is 6.63. The van der Waals surface area contributed by atoms with Gasteiger partial charge < -0.3 is 26.0 Å². The number of carbonyl (C=O) groups excluding carboxylic acids is 1. The van der Waals surface area contributed by atoms with Crippen LogP contribution in [0.3, 0.4) is 0 Å². The molecule has 0 fully saturated rings. The molecule has 206 valence electrons. The summed E-state index contributed by atoms with van der Waals surface area (Å²) in [5, 5.41) is 18.2. The van der Waals surface area contributed by atoms with Crippen molar-refractivity contribution in [2.45, 2.75) is 19.3 Å². The third-order valence-electron chi connectivity index (χ3n) is 5.83. The summed E-state index contributed by atoms with van der Waals surface area (Å²) in [6.07, 6.45) is -2.82. The van der Waals surface area contributed by atoms with E-state index >= 15 is 0 Å². The van der Waals surface area contributed by atoms with Crippen LogP contribution in [0.15, 0.2) is 76.4 Å². The monoisotopic (exact) mass is 553 g/mol. The van der Waals surface area contributed by atoms with E-state index < -0.39 is 29.0 Å². The van der Waals surface area contributed by atoms with Crippen LogP contribution in [-0.2, 0) is 19.3 Å². The largest absolute Gasteiger partial charge is 0.478 e. The number of rotatable bonds is 10. The van der Waals surface area contributed by atoms with Crippen molar-refractivity contribution in [1.29, 1.82) is 0 Å². The van der Waals surface area contributed by atoms with Crippen molar-refractivity contribution in [3.63, 3.8) is 0 Å². The Morgan fingerprint density at radius 3 is 2.33 bits per heavy atom. The number of carbonyl (C=O) groups is 2. The number of anilines is 4. The van der Waals surface area contributed by atoms with Crippen molar-refractivity contribution in [3.8, 4) is 0 Å². The van der Waals surface area contributed by atoms with Gasteiger partial charge in [0.2, 0.25) is 0 Å². The van der Waals surface area contributed by atoms with E-state index in [1.807, 2.05) is 0 Å². The van der Waals surface area contributed by atoms with Crippen molar-refractivity contribution in [2.75, 3.05) is 10.6 Å². The molecule has 0 radical (unpaired) electrons. The van der Waals surface area contributed by atoms with Crippen molar-refractivity contribution in [2.24, 2.45) is 0 Å². The molecular formula is C27H22F3N5O5. The van der Waals surface area contributed by atoms with Crippen LogP contribution < -0.4 is 27.2 Å². The topological polar surface area (TPSA) is 156 Å². The molecule has 0 bridgehead atoms. The smallest absolute Gasteiger partial charge is 0.416 e. The lowest BCUT2D eigenvalue weighted by molar-refractivity contribution is -0.137. The highest BCUT2D eigenvalue weighted by atomic mass is 19.4. The Labute approximate surface area is 223 Å². The summed E-state index contributed by atoms with van der Waals surface area (Å²) in [5.41, 5.74) is -0.624. The number of hydrogen-bond acceptors (Lipinski definition) is 7. The molecule has 3 aromatic carbocycles. The van der Waals surface area contributed by atoms with E-state index in [-0.39, 0.29) is 47.0 Å². The number of halogens is 3. The molecule has 0 spiro atoms. The second-order valence-corrected chi connectivity index (χ2v) is 8.60. The number of H-pyrrole nitrogens is 2. The SMILES string of the molecule is O=Cc1cc(CNCc2c[nH]c(=O)[nH]c2=O)ccc1Nc1cc(C(F)(F)F)ccc1Nc1ccccc1C(=O)O. The Morgan fingerprint density at radius 2 is 1.62 bits per heavy atom. The van der Waals surface area contributed by atoms with Crippen LogP contribution in [-0.4, -0.2) is 27.3 Å². The summed E-state index contributed by atoms with van der Waals surface area (Å²) >= 11 is 0. The van der Waals surface area contributed by atoms with E-state index in [0.29, 0.717) is 17.4 Å². The van der Waals surface area contributed by atoms with Gasteiger partial charge in [0.05, 0.1) is 28.2 Å². The van der Waals surface area contributed by atoms with Crippen LogP contribution in [0.2, 0.25) is 0 Å². The van der Waals surface area contributed by atoms with Crippen LogP contribution in [0.5, 0.6) is 0 Å². The summed E-state index contributed by atoms with van der Waals surface area (Å²) in [7, 11) is 0. The van der Waals surface area contributed by atoms with Crippen LogP contribution in [0.25, 0.3) is 0 Å². The molecular weight excluding hydrogens is 531 g/mol. The van der Waals surface area contributed by atoms with Crippen LogP contribution in [0, 0.1) is 0 Å². The molecule has 4 rings (SSSR count). The Hall–Kier alpha value is -5.17. The van der Waals surface area contributed by atoms with Crippen molar-refractivity contribution < 1.29 is 27.9 Å². The van der Waals surface area contributed by atoms with Gasteiger partial charge in [0.15, 0.2) is 6.29 Å². The van der Waals surface area contributed by atoms with Crippen molar-refractivity contribution >= 4 is 35.0 Å². The van der Waals surface area contributed by atoms with Gasteiger partial charge in [-0.2, -0.15) is 13.2 Å². The van der Waals surface area contributed by atoms with E-state index in [9.17, 15) is 37.5 Å². The number of carboxylic acids is 1.